The zero-order valence-corrected chi connectivity index (χ0v) is 17.0. The summed E-state index contributed by atoms with van der Waals surface area (Å²) < 4.78 is 13.5. The van der Waals surface area contributed by atoms with E-state index in [2.05, 4.69) is 15.6 Å². The SMILES string of the molecule is NCC(=O)N1C[C@@H]2NC(=O)c3ccc(Cl)c(c3)OCCCn3cc(nn3)CO[C@H]2C1. The summed E-state index contributed by atoms with van der Waals surface area (Å²) in [5, 5.41) is 11.6. The highest BCUT2D eigenvalue weighted by Crippen LogP contribution is 2.26. The molecule has 3 heterocycles. The maximum absolute atomic E-state index is 12.9. The molecule has 2 amide bonds. The van der Waals surface area contributed by atoms with Gasteiger partial charge in [0.2, 0.25) is 5.91 Å². The second-order valence-corrected chi connectivity index (χ2v) is 7.66. The third-order valence-corrected chi connectivity index (χ3v) is 5.44. The van der Waals surface area contributed by atoms with Gasteiger partial charge in [0.05, 0.1) is 43.1 Å². The number of ether oxygens (including phenoxy) is 2. The molecule has 1 aromatic heterocycles. The molecule has 2 aliphatic heterocycles. The van der Waals surface area contributed by atoms with Crippen LogP contribution < -0.4 is 15.8 Å². The third kappa shape index (κ3) is 4.55. The van der Waals surface area contributed by atoms with Gasteiger partial charge in [-0.2, -0.15) is 0 Å². The Morgan fingerprint density at radius 2 is 2.23 bits per heavy atom. The van der Waals surface area contributed by atoms with Crippen molar-refractivity contribution >= 4 is 23.4 Å². The number of nitrogens with one attached hydrogen (secondary N) is 1. The predicted octanol–water partition coefficient (Wildman–Crippen LogP) is 0.199. The fraction of sp³-hybridized carbons (Fsp3) is 0.474. The Morgan fingerprint density at radius 3 is 3.07 bits per heavy atom. The summed E-state index contributed by atoms with van der Waals surface area (Å²) in [6, 6.07) is 4.49. The lowest BCUT2D eigenvalue weighted by Gasteiger charge is -2.20. The lowest BCUT2D eigenvalue weighted by Crippen LogP contribution is -2.44. The summed E-state index contributed by atoms with van der Waals surface area (Å²) in [7, 11) is 0. The fourth-order valence-corrected chi connectivity index (χ4v) is 3.71. The molecule has 11 heteroatoms. The van der Waals surface area contributed by atoms with Gasteiger partial charge in [-0.3, -0.25) is 14.3 Å². The van der Waals surface area contributed by atoms with E-state index in [1.807, 2.05) is 6.20 Å². The van der Waals surface area contributed by atoms with Gasteiger partial charge in [-0.05, 0) is 18.2 Å². The Bertz CT molecular complexity index is 935. The highest BCUT2D eigenvalue weighted by atomic mass is 35.5. The zero-order valence-electron chi connectivity index (χ0n) is 16.3. The molecule has 0 saturated carbocycles. The monoisotopic (exact) mass is 434 g/mol. The molecule has 0 aliphatic carbocycles. The van der Waals surface area contributed by atoms with Gasteiger partial charge in [-0.15, -0.1) is 5.10 Å². The van der Waals surface area contributed by atoms with Crippen LogP contribution >= 0.6 is 11.6 Å². The minimum Gasteiger partial charge on any atom is -0.492 e. The average Bonchev–Trinajstić information content (AvgIpc) is 3.36. The first-order valence-corrected chi connectivity index (χ1v) is 10.1. The third-order valence-electron chi connectivity index (χ3n) is 5.12. The van der Waals surface area contributed by atoms with E-state index in [0.717, 1.165) is 0 Å². The molecule has 1 fully saturated rings. The van der Waals surface area contributed by atoms with Crippen molar-refractivity contribution < 1.29 is 19.1 Å². The molecule has 160 valence electrons. The highest BCUT2D eigenvalue weighted by Gasteiger charge is 2.37. The number of halogens is 1. The smallest absolute Gasteiger partial charge is 0.251 e. The van der Waals surface area contributed by atoms with Crippen molar-refractivity contribution in [3.63, 3.8) is 0 Å². The van der Waals surface area contributed by atoms with E-state index in [1.165, 1.54) is 0 Å². The average molecular weight is 435 g/mol. The molecule has 2 atom stereocenters. The minimum absolute atomic E-state index is 0.0976. The number of benzene rings is 1. The Morgan fingerprint density at radius 1 is 1.37 bits per heavy atom. The quantitative estimate of drug-likeness (QED) is 0.656. The van der Waals surface area contributed by atoms with E-state index < -0.39 is 12.1 Å². The minimum atomic E-state index is -0.398. The first-order valence-electron chi connectivity index (χ1n) is 9.75. The van der Waals surface area contributed by atoms with Gasteiger partial charge in [-0.25, -0.2) is 0 Å². The van der Waals surface area contributed by atoms with Crippen molar-refractivity contribution in [1.29, 1.82) is 0 Å². The van der Waals surface area contributed by atoms with E-state index in [0.29, 0.717) is 54.7 Å². The van der Waals surface area contributed by atoms with Crippen LogP contribution in [-0.2, 0) is 22.7 Å². The number of rotatable bonds is 1. The molecule has 4 bridgehead atoms. The number of nitrogens with zero attached hydrogens (tertiary/aromatic N) is 4. The van der Waals surface area contributed by atoms with Gasteiger partial charge in [-0.1, -0.05) is 16.8 Å². The Kier molecular flexibility index (Phi) is 6.16. The van der Waals surface area contributed by atoms with Crippen LogP contribution in [0.25, 0.3) is 0 Å². The summed E-state index contributed by atoms with van der Waals surface area (Å²) >= 11 is 6.21. The van der Waals surface area contributed by atoms with Crippen molar-refractivity contribution in [3.8, 4) is 5.75 Å². The fourth-order valence-electron chi connectivity index (χ4n) is 3.54. The van der Waals surface area contributed by atoms with Crippen LogP contribution in [0, 0.1) is 0 Å². The number of aromatic nitrogens is 3. The lowest BCUT2D eigenvalue weighted by atomic mass is 10.1. The summed E-state index contributed by atoms with van der Waals surface area (Å²) in [5.74, 6) is -0.0515. The van der Waals surface area contributed by atoms with Crippen molar-refractivity contribution in [2.75, 3.05) is 26.2 Å². The van der Waals surface area contributed by atoms with Gasteiger partial charge in [0.25, 0.3) is 5.91 Å². The van der Waals surface area contributed by atoms with Crippen LogP contribution in [0.3, 0.4) is 0 Å². The van der Waals surface area contributed by atoms with E-state index >= 15 is 0 Å². The van der Waals surface area contributed by atoms with Crippen LogP contribution in [-0.4, -0.2) is 70.1 Å². The maximum atomic E-state index is 12.9. The zero-order chi connectivity index (χ0) is 21.1. The van der Waals surface area contributed by atoms with E-state index in [4.69, 9.17) is 26.8 Å². The number of hydrogen-bond acceptors (Lipinski definition) is 7. The normalized spacial score (nSPS) is 22.2. The number of fused-ring (bicyclic) bond motifs is 5. The molecule has 1 saturated heterocycles. The van der Waals surface area contributed by atoms with Crippen LogP contribution in [0.5, 0.6) is 5.75 Å². The molecule has 3 N–H and O–H groups in total. The summed E-state index contributed by atoms with van der Waals surface area (Å²) in [6.45, 7) is 1.82. The summed E-state index contributed by atoms with van der Waals surface area (Å²) in [6.07, 6.45) is 2.10. The molecular formula is C19H23ClN6O4. The van der Waals surface area contributed by atoms with Crippen LogP contribution in [0.1, 0.15) is 22.5 Å². The van der Waals surface area contributed by atoms with Gasteiger partial charge in [0, 0.05) is 31.6 Å². The number of amides is 2. The first kappa shape index (κ1) is 20.6. The second kappa shape index (κ2) is 8.99. The number of aryl methyl sites for hydroxylation is 1. The molecule has 1 aromatic carbocycles. The number of carbonyl (C=O) groups is 2. The van der Waals surface area contributed by atoms with Crippen molar-refractivity contribution in [2.45, 2.75) is 31.7 Å². The second-order valence-electron chi connectivity index (χ2n) is 7.25. The Hall–Kier alpha value is -2.69. The van der Waals surface area contributed by atoms with Crippen LogP contribution in [0.4, 0.5) is 0 Å². The predicted molar refractivity (Wildman–Crippen MR) is 107 cm³/mol. The molecule has 4 rings (SSSR count). The van der Waals surface area contributed by atoms with Gasteiger partial charge in [0.1, 0.15) is 11.4 Å². The van der Waals surface area contributed by atoms with E-state index in [-0.39, 0.29) is 25.0 Å². The van der Waals surface area contributed by atoms with E-state index in [9.17, 15) is 9.59 Å². The molecule has 30 heavy (non-hydrogen) atoms. The molecule has 2 aliphatic rings. The number of hydrogen-bond donors (Lipinski definition) is 2. The van der Waals surface area contributed by atoms with Crippen LogP contribution in [0.2, 0.25) is 5.02 Å². The number of nitrogens with two attached hydrogens (primary N) is 1. The molecule has 0 radical (unpaired) electrons. The van der Waals surface area contributed by atoms with Crippen molar-refractivity contribution in [3.05, 3.63) is 40.7 Å². The van der Waals surface area contributed by atoms with Crippen molar-refractivity contribution in [1.82, 2.24) is 25.2 Å². The molecule has 0 spiro atoms. The maximum Gasteiger partial charge on any atom is 0.251 e. The van der Waals surface area contributed by atoms with Crippen molar-refractivity contribution in [2.24, 2.45) is 5.73 Å². The van der Waals surface area contributed by atoms with E-state index in [1.54, 1.807) is 27.8 Å². The molecule has 10 nitrogen and oxygen atoms in total. The van der Waals surface area contributed by atoms with Gasteiger partial charge < -0.3 is 25.4 Å². The lowest BCUT2D eigenvalue weighted by molar-refractivity contribution is -0.129. The number of likely N-dealkylation sites (tertiary alicyclic amines) is 1. The molecular weight excluding hydrogens is 412 g/mol. The summed E-state index contributed by atoms with van der Waals surface area (Å²) in [5.41, 5.74) is 6.59. The Balaban J connectivity index is 1.59. The molecule has 2 aromatic rings. The highest BCUT2D eigenvalue weighted by molar-refractivity contribution is 6.32. The largest absolute Gasteiger partial charge is 0.492 e. The topological polar surface area (TPSA) is 125 Å². The van der Waals surface area contributed by atoms with Gasteiger partial charge in [0.15, 0.2) is 0 Å². The van der Waals surface area contributed by atoms with Crippen LogP contribution in [0.15, 0.2) is 24.4 Å². The standard InChI is InChI=1S/C19H23ClN6O4/c20-14-3-2-12-6-16(14)29-5-1-4-26-8-13(23-24-26)11-30-17-10-25(18(27)7-21)9-15(17)22-19(12)28/h2-3,6,8,15,17H,1,4-5,7,9-11,21H2,(H,22,28)/t15-,17-/m0/s1. The number of carbonyl (C=O) groups excluding carboxylic acids is 2. The summed E-state index contributed by atoms with van der Waals surface area (Å²) in [4.78, 5) is 26.5. The first-order chi connectivity index (χ1) is 14.5. The molecule has 0 unspecified atom stereocenters. The Labute approximate surface area is 178 Å². The van der Waals surface area contributed by atoms with Gasteiger partial charge >= 0.3 is 0 Å².